The Morgan fingerprint density at radius 2 is 1.69 bits per heavy atom. The molecule has 2 amide bonds. The Balaban J connectivity index is 1.99. The molecule has 5 nitrogen and oxygen atoms in total. The van der Waals surface area contributed by atoms with Crippen LogP contribution in [0.15, 0.2) is 35.0 Å². The third kappa shape index (κ3) is 5.85. The maximum absolute atomic E-state index is 12.7. The Labute approximate surface area is 163 Å². The number of carbonyl (C=O) groups excluding carboxylic acids is 2. The zero-order valence-corrected chi connectivity index (χ0v) is 17.4. The second kappa shape index (κ2) is 8.68. The Bertz CT molecular complexity index is 671. The quantitative estimate of drug-likeness (QED) is 0.784. The van der Waals surface area contributed by atoms with Crippen LogP contribution in [0.5, 0.6) is 0 Å². The molecule has 2 heterocycles. The fraction of sp³-hybridized carbons (Fsp3) is 0.474. The van der Waals surface area contributed by atoms with E-state index in [4.69, 9.17) is 4.74 Å². The number of carbonyl (C=O) groups is 2. The van der Waals surface area contributed by atoms with Crippen LogP contribution in [0, 0.1) is 5.92 Å². The molecule has 0 bridgehead atoms. The summed E-state index contributed by atoms with van der Waals surface area (Å²) in [6.45, 7) is 7.57. The highest BCUT2D eigenvalue weighted by Gasteiger charge is 2.25. The molecule has 1 N–H and O–H groups in total. The third-order valence-corrected chi connectivity index (χ3v) is 5.52. The highest BCUT2D eigenvalue weighted by Crippen LogP contribution is 2.29. The van der Waals surface area contributed by atoms with Crippen molar-refractivity contribution in [3.05, 3.63) is 44.8 Å². The van der Waals surface area contributed by atoms with Crippen molar-refractivity contribution in [1.82, 2.24) is 10.2 Å². The number of amides is 2. The minimum atomic E-state index is -0.555. The lowest BCUT2D eigenvalue weighted by Gasteiger charge is -2.27. The van der Waals surface area contributed by atoms with Crippen LogP contribution in [0.25, 0.3) is 0 Å². The first-order valence-electron chi connectivity index (χ1n) is 8.48. The lowest BCUT2D eigenvalue weighted by atomic mass is 10.1. The van der Waals surface area contributed by atoms with Gasteiger partial charge in [0.15, 0.2) is 0 Å². The van der Waals surface area contributed by atoms with Gasteiger partial charge < -0.3 is 15.0 Å². The summed E-state index contributed by atoms with van der Waals surface area (Å²) in [6, 6.07) is 7.84. The predicted octanol–water partition coefficient (Wildman–Crippen LogP) is 4.52. The van der Waals surface area contributed by atoms with Crippen LogP contribution in [-0.2, 0) is 9.53 Å². The molecular formula is C19H26N2O3S2. The van der Waals surface area contributed by atoms with E-state index in [1.165, 1.54) is 4.90 Å². The van der Waals surface area contributed by atoms with Crippen LogP contribution in [0.4, 0.5) is 4.79 Å². The van der Waals surface area contributed by atoms with Crippen LogP contribution in [0.2, 0.25) is 0 Å². The zero-order chi connectivity index (χ0) is 19.3. The molecule has 2 aromatic heterocycles. The summed E-state index contributed by atoms with van der Waals surface area (Å²) >= 11 is 3.23. The van der Waals surface area contributed by atoms with Gasteiger partial charge in [-0.3, -0.25) is 4.79 Å². The first-order valence-corrected chi connectivity index (χ1v) is 10.2. The van der Waals surface area contributed by atoms with Crippen molar-refractivity contribution in [2.75, 3.05) is 13.6 Å². The summed E-state index contributed by atoms with van der Waals surface area (Å²) in [4.78, 5) is 28.4. The molecule has 0 spiro atoms. The second-order valence-corrected chi connectivity index (χ2v) is 9.19. The topological polar surface area (TPSA) is 58.6 Å². The number of hydrogen-bond acceptors (Lipinski definition) is 5. The highest BCUT2D eigenvalue weighted by atomic mass is 32.1. The van der Waals surface area contributed by atoms with E-state index in [0.717, 1.165) is 9.75 Å². The largest absolute Gasteiger partial charge is 0.444 e. The summed E-state index contributed by atoms with van der Waals surface area (Å²) in [6.07, 6.45) is -0.426. The Hall–Kier alpha value is -1.86. The van der Waals surface area contributed by atoms with Gasteiger partial charge in [-0.25, -0.2) is 4.79 Å². The van der Waals surface area contributed by atoms with E-state index < -0.39 is 11.7 Å². The summed E-state index contributed by atoms with van der Waals surface area (Å²) in [7, 11) is 1.65. The maximum Gasteiger partial charge on any atom is 0.410 e. The van der Waals surface area contributed by atoms with E-state index in [-0.39, 0.29) is 17.9 Å². The molecule has 0 saturated heterocycles. The average Bonchev–Trinajstić information content (AvgIpc) is 3.24. The van der Waals surface area contributed by atoms with Gasteiger partial charge in [-0.1, -0.05) is 19.1 Å². The van der Waals surface area contributed by atoms with Crippen molar-refractivity contribution >= 4 is 34.7 Å². The number of nitrogens with one attached hydrogen (secondary N) is 1. The van der Waals surface area contributed by atoms with Crippen molar-refractivity contribution in [2.24, 2.45) is 5.92 Å². The Morgan fingerprint density at radius 3 is 2.12 bits per heavy atom. The molecule has 26 heavy (non-hydrogen) atoms. The number of rotatable bonds is 6. The molecular weight excluding hydrogens is 368 g/mol. The Kier molecular flexibility index (Phi) is 6.83. The van der Waals surface area contributed by atoms with Crippen LogP contribution in [-0.4, -0.2) is 36.1 Å². The monoisotopic (exact) mass is 394 g/mol. The number of thiophene rings is 2. The van der Waals surface area contributed by atoms with Gasteiger partial charge in [-0.15, -0.1) is 22.7 Å². The number of hydrogen-bond donors (Lipinski definition) is 1. The van der Waals surface area contributed by atoms with Crippen molar-refractivity contribution < 1.29 is 14.3 Å². The maximum atomic E-state index is 12.7. The van der Waals surface area contributed by atoms with E-state index in [2.05, 4.69) is 5.32 Å². The smallest absolute Gasteiger partial charge is 0.410 e. The van der Waals surface area contributed by atoms with Crippen LogP contribution in [0.1, 0.15) is 43.5 Å². The summed E-state index contributed by atoms with van der Waals surface area (Å²) in [5, 5.41) is 7.12. The molecule has 0 fully saturated rings. The fourth-order valence-corrected chi connectivity index (χ4v) is 4.05. The van der Waals surface area contributed by atoms with Gasteiger partial charge in [-0.2, -0.15) is 0 Å². The van der Waals surface area contributed by atoms with Crippen molar-refractivity contribution in [3.63, 3.8) is 0 Å². The number of nitrogens with zero attached hydrogens (tertiary/aromatic N) is 1. The second-order valence-electron chi connectivity index (χ2n) is 7.23. The first kappa shape index (κ1) is 20.5. The Morgan fingerprint density at radius 1 is 1.15 bits per heavy atom. The van der Waals surface area contributed by atoms with Crippen LogP contribution in [0.3, 0.4) is 0 Å². The van der Waals surface area contributed by atoms with Gasteiger partial charge in [0.25, 0.3) is 0 Å². The van der Waals surface area contributed by atoms with Gasteiger partial charge in [0.05, 0.1) is 12.0 Å². The lowest BCUT2D eigenvalue weighted by Crippen LogP contribution is -2.41. The molecule has 0 aromatic carbocycles. The molecule has 0 aliphatic heterocycles. The fourth-order valence-electron chi connectivity index (χ4n) is 2.39. The molecule has 2 rings (SSSR count). The standard InChI is InChI=1S/C19H26N2O3S2/c1-13(12-21(5)18(23)24-19(2,3)4)17(22)20-16(14-8-6-10-25-14)15-9-7-11-26-15/h6-11,13,16H,12H2,1-5H3,(H,20,22). The van der Waals surface area contributed by atoms with Gasteiger partial charge in [0, 0.05) is 23.3 Å². The van der Waals surface area contributed by atoms with Crippen molar-refractivity contribution in [1.29, 1.82) is 0 Å². The first-order chi connectivity index (χ1) is 12.2. The summed E-state index contributed by atoms with van der Waals surface area (Å²) in [5.74, 6) is -0.442. The highest BCUT2D eigenvalue weighted by molar-refractivity contribution is 7.11. The molecule has 2 aromatic rings. The SMILES string of the molecule is CC(CN(C)C(=O)OC(C)(C)C)C(=O)NC(c1cccs1)c1cccs1. The zero-order valence-electron chi connectivity index (χ0n) is 15.8. The minimum Gasteiger partial charge on any atom is -0.444 e. The van der Waals surface area contributed by atoms with Crippen molar-refractivity contribution in [2.45, 2.75) is 39.3 Å². The summed E-state index contributed by atoms with van der Waals surface area (Å²) in [5.41, 5.74) is -0.555. The van der Waals surface area contributed by atoms with E-state index >= 15 is 0 Å². The van der Waals surface area contributed by atoms with E-state index in [0.29, 0.717) is 6.54 Å². The molecule has 0 radical (unpaired) electrons. The molecule has 0 saturated carbocycles. The van der Waals surface area contributed by atoms with Gasteiger partial charge in [0.1, 0.15) is 5.60 Å². The van der Waals surface area contributed by atoms with Crippen LogP contribution >= 0.6 is 22.7 Å². The molecule has 142 valence electrons. The molecule has 1 unspecified atom stereocenters. The number of ether oxygens (including phenoxy) is 1. The molecule has 1 atom stereocenters. The normalized spacial score (nSPS) is 12.7. The van der Waals surface area contributed by atoms with E-state index in [1.807, 2.05) is 62.7 Å². The predicted molar refractivity (Wildman–Crippen MR) is 107 cm³/mol. The van der Waals surface area contributed by atoms with Crippen molar-refractivity contribution in [3.8, 4) is 0 Å². The van der Waals surface area contributed by atoms with Crippen LogP contribution < -0.4 is 5.32 Å². The summed E-state index contributed by atoms with van der Waals surface area (Å²) < 4.78 is 5.34. The van der Waals surface area contributed by atoms with E-state index in [9.17, 15) is 9.59 Å². The average molecular weight is 395 g/mol. The van der Waals surface area contributed by atoms with Gasteiger partial charge in [0.2, 0.25) is 5.91 Å². The molecule has 0 aliphatic carbocycles. The molecule has 0 aliphatic rings. The van der Waals surface area contributed by atoms with Gasteiger partial charge >= 0.3 is 6.09 Å². The lowest BCUT2D eigenvalue weighted by molar-refractivity contribution is -0.125. The van der Waals surface area contributed by atoms with E-state index in [1.54, 1.807) is 29.7 Å². The third-order valence-electron chi connectivity index (χ3n) is 3.64. The minimum absolute atomic E-state index is 0.0905. The molecule has 7 heteroatoms. The van der Waals surface area contributed by atoms with Gasteiger partial charge in [-0.05, 0) is 43.7 Å².